The highest BCUT2D eigenvalue weighted by atomic mass is 35.5. The maximum atomic E-state index is 14.1. The Morgan fingerprint density at radius 2 is 1.81 bits per heavy atom. The minimum atomic E-state index is -4.56. The van der Waals surface area contributed by atoms with Gasteiger partial charge in [0.1, 0.15) is 16.5 Å². The Bertz CT molecular complexity index is 1010. The highest BCUT2D eigenvalue weighted by molar-refractivity contribution is 7.92. The largest absolute Gasteiger partial charge is 0.505 e. The molecule has 0 aliphatic rings. The van der Waals surface area contributed by atoms with Gasteiger partial charge in [-0.1, -0.05) is 25.4 Å². The van der Waals surface area contributed by atoms with Crippen molar-refractivity contribution < 1.29 is 31.8 Å². The average Bonchev–Trinajstić information content (AvgIpc) is 2.58. The van der Waals surface area contributed by atoms with E-state index in [0.29, 0.717) is 6.07 Å². The number of sulfonamides is 1. The summed E-state index contributed by atoms with van der Waals surface area (Å²) in [5, 5.41) is 9.57. The van der Waals surface area contributed by atoms with Crippen molar-refractivity contribution in [1.82, 2.24) is 0 Å². The Hall–Kier alpha value is -2.39. The van der Waals surface area contributed by atoms with E-state index < -0.39 is 49.0 Å². The van der Waals surface area contributed by atoms with E-state index in [2.05, 4.69) is 4.74 Å². The number of benzene rings is 2. The van der Waals surface area contributed by atoms with Crippen molar-refractivity contribution in [3.05, 3.63) is 52.0 Å². The summed E-state index contributed by atoms with van der Waals surface area (Å²) in [5.41, 5.74) is -0.651. The van der Waals surface area contributed by atoms with Crippen molar-refractivity contribution >= 4 is 33.3 Å². The topological polar surface area (TPSA) is 92.7 Å². The second-order valence-corrected chi connectivity index (χ2v) is 7.97. The summed E-state index contributed by atoms with van der Waals surface area (Å²) in [6.45, 7) is 3.31. The lowest BCUT2D eigenvalue weighted by Crippen LogP contribution is -2.16. The fraction of sp³-hybridized carbons (Fsp3) is 0.235. The van der Waals surface area contributed by atoms with Gasteiger partial charge in [0.05, 0.1) is 23.4 Å². The lowest BCUT2D eigenvalue weighted by atomic mass is 10.0. The monoisotopic (exact) mass is 419 g/mol. The van der Waals surface area contributed by atoms with Gasteiger partial charge in [0, 0.05) is 6.07 Å². The van der Waals surface area contributed by atoms with Gasteiger partial charge in [-0.05, 0) is 29.7 Å². The van der Waals surface area contributed by atoms with Gasteiger partial charge < -0.3 is 9.84 Å². The first-order valence-electron chi connectivity index (χ1n) is 7.60. The summed E-state index contributed by atoms with van der Waals surface area (Å²) in [5.74, 6) is -4.01. The van der Waals surface area contributed by atoms with E-state index in [1.165, 1.54) is 0 Å². The van der Waals surface area contributed by atoms with Gasteiger partial charge in [-0.25, -0.2) is 22.0 Å². The van der Waals surface area contributed by atoms with E-state index in [9.17, 15) is 27.1 Å². The number of nitrogens with one attached hydrogen (secondary N) is 1. The normalized spacial score (nSPS) is 11.5. The van der Waals surface area contributed by atoms with Crippen LogP contribution in [0, 0.1) is 11.6 Å². The molecule has 0 amide bonds. The molecule has 0 saturated carbocycles. The fourth-order valence-electron chi connectivity index (χ4n) is 2.30. The molecule has 6 nitrogen and oxygen atoms in total. The quantitative estimate of drug-likeness (QED) is 0.713. The first-order valence-corrected chi connectivity index (χ1v) is 9.46. The fourth-order valence-corrected chi connectivity index (χ4v) is 3.78. The number of aromatic hydroxyl groups is 1. The van der Waals surface area contributed by atoms with Crippen molar-refractivity contribution in [1.29, 1.82) is 0 Å². The lowest BCUT2D eigenvalue weighted by molar-refractivity contribution is 0.0600. The van der Waals surface area contributed by atoms with Gasteiger partial charge in [-0.2, -0.15) is 0 Å². The average molecular weight is 420 g/mol. The molecule has 0 atom stereocenters. The molecule has 0 aliphatic carbocycles. The predicted octanol–water partition coefficient (Wildman–Crippen LogP) is 4.03. The van der Waals surface area contributed by atoms with Gasteiger partial charge in [-0.15, -0.1) is 0 Å². The number of hydrogen-bond donors (Lipinski definition) is 2. The Morgan fingerprint density at radius 3 is 2.37 bits per heavy atom. The van der Waals surface area contributed by atoms with Crippen LogP contribution in [-0.2, 0) is 14.8 Å². The number of hydrogen-bond acceptors (Lipinski definition) is 5. The van der Waals surface area contributed by atoms with E-state index in [0.717, 1.165) is 25.3 Å². The molecule has 2 N–H and O–H groups in total. The van der Waals surface area contributed by atoms with Gasteiger partial charge in [0.25, 0.3) is 10.0 Å². The highest BCUT2D eigenvalue weighted by Crippen LogP contribution is 2.34. The maximum absolute atomic E-state index is 14.1. The smallest absolute Gasteiger partial charge is 0.337 e. The molecule has 0 aliphatic heterocycles. The van der Waals surface area contributed by atoms with E-state index in [-0.39, 0.29) is 17.0 Å². The second kappa shape index (κ2) is 7.69. The van der Waals surface area contributed by atoms with Crippen LogP contribution in [0.5, 0.6) is 5.75 Å². The van der Waals surface area contributed by atoms with Crippen molar-refractivity contribution in [2.24, 2.45) is 0 Å². The third-order valence-corrected chi connectivity index (χ3v) is 5.36. The highest BCUT2D eigenvalue weighted by Gasteiger charge is 2.25. The summed E-state index contributed by atoms with van der Waals surface area (Å²) in [4.78, 5) is 10.9. The SMILES string of the molecule is COC(=O)c1cc(Cl)c(O)c(S(=O)(=O)Nc2cc(C(C)C)c(F)cc2F)c1. The molecule has 0 bridgehead atoms. The van der Waals surface area contributed by atoms with Crippen LogP contribution >= 0.6 is 11.6 Å². The van der Waals surface area contributed by atoms with E-state index in [4.69, 9.17) is 11.6 Å². The zero-order valence-corrected chi connectivity index (χ0v) is 16.1. The molecule has 0 unspecified atom stereocenters. The molecule has 0 saturated heterocycles. The molecule has 0 spiro atoms. The summed E-state index contributed by atoms with van der Waals surface area (Å²) in [6, 6.07) is 3.44. The number of phenols is 1. The Balaban J connectivity index is 2.57. The van der Waals surface area contributed by atoms with E-state index in [1.807, 2.05) is 4.72 Å². The Kier molecular flexibility index (Phi) is 5.96. The Morgan fingerprint density at radius 1 is 1.19 bits per heavy atom. The van der Waals surface area contributed by atoms with Gasteiger partial charge in [0.2, 0.25) is 0 Å². The van der Waals surface area contributed by atoms with Crippen molar-refractivity contribution in [3.63, 3.8) is 0 Å². The number of phenolic OH excluding ortho intramolecular Hbond substituents is 1. The summed E-state index contributed by atoms with van der Waals surface area (Å²) < 4.78 is 59.5. The van der Waals surface area contributed by atoms with Gasteiger partial charge in [-0.3, -0.25) is 4.72 Å². The molecule has 0 radical (unpaired) electrons. The zero-order valence-electron chi connectivity index (χ0n) is 14.5. The van der Waals surface area contributed by atoms with Crippen LogP contribution in [0.4, 0.5) is 14.5 Å². The van der Waals surface area contributed by atoms with Crippen LogP contribution < -0.4 is 4.72 Å². The molecule has 146 valence electrons. The van der Waals surface area contributed by atoms with Crippen molar-refractivity contribution in [2.45, 2.75) is 24.7 Å². The second-order valence-electron chi connectivity index (χ2n) is 5.91. The lowest BCUT2D eigenvalue weighted by Gasteiger charge is -2.15. The number of esters is 1. The van der Waals surface area contributed by atoms with Crippen molar-refractivity contribution in [2.75, 3.05) is 11.8 Å². The van der Waals surface area contributed by atoms with Crippen molar-refractivity contribution in [3.8, 4) is 5.75 Å². The number of rotatable bonds is 5. The summed E-state index contributed by atoms with van der Waals surface area (Å²) in [6.07, 6.45) is 0. The number of anilines is 1. The minimum absolute atomic E-state index is 0.0969. The molecular formula is C17H16ClF2NO5S. The minimum Gasteiger partial charge on any atom is -0.505 e. The molecule has 2 aromatic carbocycles. The van der Waals surface area contributed by atoms with E-state index >= 15 is 0 Å². The molecule has 0 aromatic heterocycles. The van der Waals surface area contributed by atoms with Crippen LogP contribution in [0.1, 0.15) is 35.7 Å². The number of methoxy groups -OCH3 is 1. The summed E-state index contributed by atoms with van der Waals surface area (Å²) in [7, 11) is -3.48. The summed E-state index contributed by atoms with van der Waals surface area (Å²) >= 11 is 5.77. The standard InChI is InChI=1S/C17H16ClF2NO5S/c1-8(2)10-6-14(13(20)7-12(10)19)21-27(24,25)15-5-9(17(23)26-3)4-11(18)16(15)22/h4-8,21-22H,1-3H3. The first-order chi connectivity index (χ1) is 12.5. The van der Waals surface area contributed by atoms with Gasteiger partial charge >= 0.3 is 5.97 Å². The number of carbonyl (C=O) groups is 1. The predicted molar refractivity (Wildman–Crippen MR) is 95.7 cm³/mol. The molecule has 2 aromatic rings. The van der Waals surface area contributed by atoms with Crippen LogP contribution in [0.25, 0.3) is 0 Å². The molecule has 10 heteroatoms. The molecule has 27 heavy (non-hydrogen) atoms. The van der Waals surface area contributed by atoms with Gasteiger partial charge in [0.15, 0.2) is 5.75 Å². The number of carbonyl (C=O) groups excluding carboxylic acids is 1. The van der Waals surface area contributed by atoms with Crippen LogP contribution in [0.15, 0.2) is 29.2 Å². The molecule has 2 rings (SSSR count). The third kappa shape index (κ3) is 4.30. The molecule has 0 heterocycles. The number of ether oxygens (including phenoxy) is 1. The maximum Gasteiger partial charge on any atom is 0.337 e. The van der Waals surface area contributed by atoms with Crippen LogP contribution in [-0.4, -0.2) is 26.6 Å². The first kappa shape index (κ1) is 20.9. The van der Waals surface area contributed by atoms with E-state index in [1.54, 1.807) is 13.8 Å². The number of halogens is 3. The zero-order chi connectivity index (χ0) is 20.5. The third-order valence-electron chi connectivity index (χ3n) is 3.69. The Labute approximate surface area is 159 Å². The van der Waals surface area contributed by atoms with Crippen LogP contribution in [0.3, 0.4) is 0 Å². The molecule has 0 fully saturated rings. The van der Waals surface area contributed by atoms with Crippen LogP contribution in [0.2, 0.25) is 5.02 Å². The molecular weight excluding hydrogens is 404 g/mol.